The number of aryl methyl sites for hydroxylation is 1. The molecule has 2 rings (SSSR count). The zero-order chi connectivity index (χ0) is 13.8. The fourth-order valence-corrected chi connectivity index (χ4v) is 2.59. The van der Waals surface area contributed by atoms with Crippen molar-refractivity contribution in [3.8, 4) is 0 Å². The van der Waals surface area contributed by atoms with Gasteiger partial charge in [0.1, 0.15) is 0 Å². The zero-order valence-electron chi connectivity index (χ0n) is 11.1. The first-order valence-electron chi connectivity index (χ1n) is 6.40. The molecule has 0 saturated heterocycles. The maximum Gasteiger partial charge on any atom is 0.0500 e. The number of nitrogens with one attached hydrogen (secondary N) is 1. The Bertz CT molecular complexity index is 549. The van der Waals surface area contributed by atoms with Crippen LogP contribution in [0.2, 0.25) is 10.0 Å². The van der Waals surface area contributed by atoms with Crippen LogP contribution >= 0.6 is 23.2 Å². The maximum absolute atomic E-state index is 6.21. The quantitative estimate of drug-likeness (QED) is 0.759. The van der Waals surface area contributed by atoms with Crippen LogP contribution in [0.25, 0.3) is 0 Å². The SMILES string of the molecule is CCc1ccc(NC(C)c2ccc(Cl)cc2Cl)cc1. The van der Waals surface area contributed by atoms with E-state index in [1.807, 2.05) is 12.1 Å². The highest BCUT2D eigenvalue weighted by Crippen LogP contribution is 2.28. The van der Waals surface area contributed by atoms with Crippen LogP contribution in [0.15, 0.2) is 42.5 Å². The van der Waals surface area contributed by atoms with E-state index in [9.17, 15) is 0 Å². The summed E-state index contributed by atoms with van der Waals surface area (Å²) in [7, 11) is 0. The van der Waals surface area contributed by atoms with Crippen LogP contribution in [0.3, 0.4) is 0 Å². The van der Waals surface area contributed by atoms with E-state index in [4.69, 9.17) is 23.2 Å². The summed E-state index contributed by atoms with van der Waals surface area (Å²) in [6.45, 7) is 4.24. The smallest absolute Gasteiger partial charge is 0.0500 e. The predicted octanol–water partition coefficient (Wildman–Crippen LogP) is 5.73. The zero-order valence-corrected chi connectivity index (χ0v) is 12.6. The van der Waals surface area contributed by atoms with Crippen LogP contribution in [0, 0.1) is 0 Å². The molecule has 0 fully saturated rings. The highest BCUT2D eigenvalue weighted by molar-refractivity contribution is 6.35. The van der Waals surface area contributed by atoms with Gasteiger partial charge < -0.3 is 5.32 Å². The monoisotopic (exact) mass is 293 g/mol. The molecule has 0 aromatic heterocycles. The summed E-state index contributed by atoms with van der Waals surface area (Å²) < 4.78 is 0. The third-order valence-electron chi connectivity index (χ3n) is 3.17. The lowest BCUT2D eigenvalue weighted by atomic mass is 10.1. The lowest BCUT2D eigenvalue weighted by molar-refractivity contribution is 0.885. The van der Waals surface area contributed by atoms with E-state index in [0.717, 1.165) is 17.7 Å². The number of anilines is 1. The van der Waals surface area contributed by atoms with E-state index in [1.54, 1.807) is 6.07 Å². The van der Waals surface area contributed by atoms with Crippen molar-refractivity contribution in [2.24, 2.45) is 0 Å². The van der Waals surface area contributed by atoms with Gasteiger partial charge in [0.15, 0.2) is 0 Å². The molecule has 2 aromatic carbocycles. The van der Waals surface area contributed by atoms with Crippen molar-refractivity contribution in [1.82, 2.24) is 0 Å². The standard InChI is InChI=1S/C16H17Cl2N/c1-3-12-4-7-14(8-5-12)19-11(2)15-9-6-13(17)10-16(15)18/h4-11,19H,3H2,1-2H3. The third kappa shape index (κ3) is 3.65. The molecular weight excluding hydrogens is 277 g/mol. The molecule has 0 radical (unpaired) electrons. The van der Waals surface area contributed by atoms with Gasteiger partial charge in [-0.25, -0.2) is 0 Å². The molecule has 0 spiro atoms. The summed E-state index contributed by atoms with van der Waals surface area (Å²) >= 11 is 12.1. The van der Waals surface area contributed by atoms with E-state index in [2.05, 4.69) is 43.4 Å². The highest BCUT2D eigenvalue weighted by atomic mass is 35.5. The minimum atomic E-state index is 0.136. The van der Waals surface area contributed by atoms with E-state index < -0.39 is 0 Å². The minimum absolute atomic E-state index is 0.136. The fourth-order valence-electron chi connectivity index (χ4n) is 2.02. The first-order valence-corrected chi connectivity index (χ1v) is 7.16. The van der Waals surface area contributed by atoms with Gasteiger partial charge in [-0.05, 0) is 48.7 Å². The van der Waals surface area contributed by atoms with Crippen molar-refractivity contribution in [3.63, 3.8) is 0 Å². The molecule has 1 N–H and O–H groups in total. The lowest BCUT2D eigenvalue weighted by Crippen LogP contribution is -2.07. The average molecular weight is 294 g/mol. The Morgan fingerprint density at radius 3 is 2.32 bits per heavy atom. The van der Waals surface area contributed by atoms with Crippen molar-refractivity contribution < 1.29 is 0 Å². The van der Waals surface area contributed by atoms with Gasteiger partial charge >= 0.3 is 0 Å². The summed E-state index contributed by atoms with van der Waals surface area (Å²) in [6, 6.07) is 14.2. The normalized spacial score (nSPS) is 12.2. The molecule has 0 aliphatic rings. The number of hydrogen-bond acceptors (Lipinski definition) is 1. The molecule has 0 bridgehead atoms. The van der Waals surface area contributed by atoms with Gasteiger partial charge in [-0.3, -0.25) is 0 Å². The Morgan fingerprint density at radius 1 is 1.05 bits per heavy atom. The molecule has 1 atom stereocenters. The Morgan fingerprint density at radius 2 is 1.74 bits per heavy atom. The summed E-state index contributed by atoms with van der Waals surface area (Å²) in [6.07, 6.45) is 1.05. The van der Waals surface area contributed by atoms with Crippen molar-refractivity contribution >= 4 is 28.9 Å². The fraction of sp³-hybridized carbons (Fsp3) is 0.250. The van der Waals surface area contributed by atoms with E-state index in [0.29, 0.717) is 10.0 Å². The van der Waals surface area contributed by atoms with E-state index in [-0.39, 0.29) is 6.04 Å². The van der Waals surface area contributed by atoms with Gasteiger partial charge in [0.25, 0.3) is 0 Å². The lowest BCUT2D eigenvalue weighted by Gasteiger charge is -2.17. The van der Waals surface area contributed by atoms with Crippen LogP contribution in [0.4, 0.5) is 5.69 Å². The van der Waals surface area contributed by atoms with E-state index in [1.165, 1.54) is 5.56 Å². The van der Waals surface area contributed by atoms with Crippen LogP contribution in [-0.4, -0.2) is 0 Å². The highest BCUT2D eigenvalue weighted by Gasteiger charge is 2.09. The molecule has 100 valence electrons. The first-order chi connectivity index (χ1) is 9.10. The molecule has 19 heavy (non-hydrogen) atoms. The molecule has 3 heteroatoms. The summed E-state index contributed by atoms with van der Waals surface area (Å²) in [5.41, 5.74) is 3.48. The van der Waals surface area contributed by atoms with Gasteiger partial charge in [-0.2, -0.15) is 0 Å². The van der Waals surface area contributed by atoms with Gasteiger partial charge in [0.2, 0.25) is 0 Å². The second-order valence-electron chi connectivity index (χ2n) is 4.58. The molecule has 0 saturated carbocycles. The van der Waals surface area contributed by atoms with Crippen molar-refractivity contribution in [2.75, 3.05) is 5.32 Å². The minimum Gasteiger partial charge on any atom is -0.378 e. The predicted molar refractivity (Wildman–Crippen MR) is 84.3 cm³/mol. The van der Waals surface area contributed by atoms with E-state index >= 15 is 0 Å². The summed E-state index contributed by atoms with van der Waals surface area (Å²) in [5.74, 6) is 0. The van der Waals surface area contributed by atoms with Gasteiger partial charge in [-0.1, -0.05) is 48.3 Å². The Kier molecular flexibility index (Phi) is 4.73. The average Bonchev–Trinajstić information content (AvgIpc) is 2.39. The summed E-state index contributed by atoms with van der Waals surface area (Å²) in [5, 5.41) is 4.79. The molecule has 0 aliphatic carbocycles. The Hall–Kier alpha value is -1.18. The maximum atomic E-state index is 6.21. The van der Waals surface area contributed by atoms with Crippen molar-refractivity contribution in [3.05, 3.63) is 63.6 Å². The topological polar surface area (TPSA) is 12.0 Å². The second-order valence-corrected chi connectivity index (χ2v) is 5.43. The van der Waals surface area contributed by atoms with Gasteiger partial charge in [0.05, 0.1) is 0 Å². The Labute approximate surface area is 124 Å². The van der Waals surface area contributed by atoms with Gasteiger partial charge in [-0.15, -0.1) is 0 Å². The van der Waals surface area contributed by atoms with Crippen LogP contribution in [0.1, 0.15) is 31.0 Å². The van der Waals surface area contributed by atoms with Crippen molar-refractivity contribution in [2.45, 2.75) is 26.3 Å². The number of hydrogen-bond donors (Lipinski definition) is 1. The second kappa shape index (κ2) is 6.31. The third-order valence-corrected chi connectivity index (χ3v) is 3.74. The molecule has 0 amide bonds. The molecule has 0 heterocycles. The molecule has 2 aromatic rings. The van der Waals surface area contributed by atoms with Crippen molar-refractivity contribution in [1.29, 1.82) is 0 Å². The molecule has 1 nitrogen and oxygen atoms in total. The van der Waals surface area contributed by atoms with Crippen LogP contribution < -0.4 is 5.32 Å². The number of halogens is 2. The van der Waals surface area contributed by atoms with Crippen LogP contribution in [0.5, 0.6) is 0 Å². The van der Waals surface area contributed by atoms with Gasteiger partial charge in [0, 0.05) is 21.8 Å². The first kappa shape index (κ1) is 14.2. The summed E-state index contributed by atoms with van der Waals surface area (Å²) in [4.78, 5) is 0. The molecule has 0 aliphatic heterocycles. The van der Waals surface area contributed by atoms with Crippen LogP contribution in [-0.2, 0) is 6.42 Å². The largest absolute Gasteiger partial charge is 0.378 e. The molecular formula is C16H17Cl2N. The Balaban J connectivity index is 2.13. The number of benzene rings is 2. The number of rotatable bonds is 4. The molecule has 1 unspecified atom stereocenters.